The minimum absolute atomic E-state index is 0.116. The predicted octanol–water partition coefficient (Wildman–Crippen LogP) is 1.17. The van der Waals surface area contributed by atoms with Crippen molar-refractivity contribution in [1.82, 2.24) is 0 Å². The molecule has 0 radical (unpaired) electrons. The van der Waals surface area contributed by atoms with Crippen LogP contribution in [0.15, 0.2) is 28.7 Å². The second kappa shape index (κ2) is 3.92. The Balaban J connectivity index is 2.42. The number of esters is 1. The number of carbonyl (C=O) groups is 1. The number of hydrogen-bond donors (Lipinski definition) is 1. The van der Waals surface area contributed by atoms with Gasteiger partial charge in [-0.25, -0.2) is 4.79 Å². The Bertz CT molecular complexity index is 376. The lowest BCUT2D eigenvalue weighted by molar-refractivity contribution is -0.147. The molecular weight excluding hydrogens is 264 g/mol. The van der Waals surface area contributed by atoms with Gasteiger partial charge in [0.05, 0.1) is 6.61 Å². The van der Waals surface area contributed by atoms with Gasteiger partial charge in [-0.05, 0) is 17.7 Å². The van der Waals surface area contributed by atoms with Gasteiger partial charge in [0.1, 0.15) is 0 Å². The number of ether oxygens (including phenoxy) is 2. The first-order valence-electron chi connectivity index (χ1n) is 4.37. The normalized spacial score (nSPS) is 25.3. The summed E-state index contributed by atoms with van der Waals surface area (Å²) < 4.78 is 10.8. The van der Waals surface area contributed by atoms with E-state index in [1.54, 1.807) is 24.3 Å². The molecule has 1 atom stereocenters. The molecule has 5 heteroatoms. The molecule has 1 aliphatic heterocycles. The molecule has 1 N–H and O–H groups in total. The summed E-state index contributed by atoms with van der Waals surface area (Å²) in [4.78, 5) is 11.5. The number of hydrogen-bond acceptors (Lipinski definition) is 4. The topological polar surface area (TPSA) is 55.8 Å². The Hall–Kier alpha value is -0.910. The van der Waals surface area contributed by atoms with E-state index in [0.29, 0.717) is 5.56 Å². The highest BCUT2D eigenvalue weighted by molar-refractivity contribution is 9.10. The van der Waals surface area contributed by atoms with Crippen molar-refractivity contribution in [2.24, 2.45) is 0 Å². The molecule has 2 rings (SSSR count). The summed E-state index contributed by atoms with van der Waals surface area (Å²) in [5, 5.41) is 9.27. The van der Waals surface area contributed by atoms with Gasteiger partial charge in [-0.3, -0.25) is 0 Å². The third-order valence-electron chi connectivity index (χ3n) is 2.36. The van der Waals surface area contributed by atoms with Crippen molar-refractivity contribution in [3.8, 4) is 0 Å². The molecule has 1 fully saturated rings. The van der Waals surface area contributed by atoms with Gasteiger partial charge in [0.25, 0.3) is 0 Å². The maximum Gasteiger partial charge on any atom is 0.347 e. The molecule has 1 unspecified atom stereocenters. The molecule has 1 saturated heterocycles. The van der Waals surface area contributed by atoms with Crippen LogP contribution in [0.4, 0.5) is 0 Å². The van der Waals surface area contributed by atoms with Crippen LogP contribution < -0.4 is 0 Å². The van der Waals surface area contributed by atoms with E-state index >= 15 is 0 Å². The number of carbonyl (C=O) groups excluding carboxylic acids is 1. The highest BCUT2D eigenvalue weighted by Gasteiger charge is 2.47. The molecule has 15 heavy (non-hydrogen) atoms. The van der Waals surface area contributed by atoms with Gasteiger partial charge < -0.3 is 14.6 Å². The highest BCUT2D eigenvalue weighted by Crippen LogP contribution is 2.32. The SMILES string of the molecule is O=C1OCOC1(CO)c1ccc(Br)cc1. The van der Waals surface area contributed by atoms with E-state index in [0.717, 1.165) is 4.47 Å². The first kappa shape index (κ1) is 10.6. The van der Waals surface area contributed by atoms with Crippen LogP contribution in [0, 0.1) is 0 Å². The predicted molar refractivity (Wildman–Crippen MR) is 54.9 cm³/mol. The summed E-state index contributed by atoms with van der Waals surface area (Å²) in [6.45, 7) is -0.539. The Morgan fingerprint density at radius 3 is 2.53 bits per heavy atom. The van der Waals surface area contributed by atoms with Gasteiger partial charge in [-0.2, -0.15) is 0 Å². The zero-order chi connectivity index (χ0) is 10.9. The molecule has 80 valence electrons. The van der Waals surface area contributed by atoms with Crippen molar-refractivity contribution >= 4 is 21.9 Å². The maximum atomic E-state index is 11.5. The van der Waals surface area contributed by atoms with Crippen molar-refractivity contribution in [1.29, 1.82) is 0 Å². The van der Waals surface area contributed by atoms with E-state index < -0.39 is 18.2 Å². The average Bonchev–Trinajstić information content (AvgIpc) is 2.62. The summed E-state index contributed by atoms with van der Waals surface area (Å²) in [5.41, 5.74) is -0.753. The number of aliphatic hydroxyl groups excluding tert-OH is 1. The van der Waals surface area contributed by atoms with E-state index in [-0.39, 0.29) is 6.79 Å². The van der Waals surface area contributed by atoms with Crippen LogP contribution in [0.25, 0.3) is 0 Å². The van der Waals surface area contributed by atoms with E-state index in [1.165, 1.54) is 0 Å². The Morgan fingerprint density at radius 2 is 2.07 bits per heavy atom. The van der Waals surface area contributed by atoms with Crippen molar-refractivity contribution in [2.75, 3.05) is 13.4 Å². The molecule has 1 aromatic carbocycles. The van der Waals surface area contributed by atoms with Crippen LogP contribution >= 0.6 is 15.9 Å². The van der Waals surface area contributed by atoms with Crippen LogP contribution in [-0.2, 0) is 19.9 Å². The summed E-state index contributed by atoms with van der Waals surface area (Å²) in [5.74, 6) is -0.549. The van der Waals surface area contributed by atoms with E-state index in [9.17, 15) is 9.90 Å². The van der Waals surface area contributed by atoms with Crippen LogP contribution in [-0.4, -0.2) is 24.5 Å². The molecule has 0 spiro atoms. The van der Waals surface area contributed by atoms with Crippen LogP contribution in [0.5, 0.6) is 0 Å². The molecule has 1 aliphatic rings. The molecule has 1 heterocycles. The number of cyclic esters (lactones) is 1. The zero-order valence-corrected chi connectivity index (χ0v) is 9.36. The fourth-order valence-corrected chi connectivity index (χ4v) is 1.75. The van der Waals surface area contributed by atoms with Gasteiger partial charge in [-0.1, -0.05) is 28.1 Å². The minimum Gasteiger partial charge on any atom is -0.436 e. The van der Waals surface area contributed by atoms with Gasteiger partial charge >= 0.3 is 5.97 Å². The number of rotatable bonds is 2. The second-order valence-corrected chi connectivity index (χ2v) is 4.10. The zero-order valence-electron chi connectivity index (χ0n) is 7.77. The first-order valence-corrected chi connectivity index (χ1v) is 5.16. The maximum absolute atomic E-state index is 11.5. The number of aliphatic hydroxyl groups is 1. The van der Waals surface area contributed by atoms with Crippen LogP contribution in [0.1, 0.15) is 5.56 Å². The van der Waals surface area contributed by atoms with Crippen molar-refractivity contribution in [3.63, 3.8) is 0 Å². The average molecular weight is 273 g/mol. The van der Waals surface area contributed by atoms with Crippen molar-refractivity contribution < 1.29 is 19.4 Å². The van der Waals surface area contributed by atoms with Gasteiger partial charge in [-0.15, -0.1) is 0 Å². The molecular formula is C10H9BrO4. The standard InChI is InChI=1S/C10H9BrO4/c11-8-3-1-7(2-4-8)10(5-12)9(13)14-6-15-10/h1-4,12H,5-6H2. The second-order valence-electron chi connectivity index (χ2n) is 3.19. The molecule has 4 nitrogen and oxygen atoms in total. The number of halogens is 1. The molecule has 0 bridgehead atoms. The summed E-state index contributed by atoms with van der Waals surface area (Å²) in [6, 6.07) is 6.99. The van der Waals surface area contributed by atoms with E-state index in [1.807, 2.05) is 0 Å². The van der Waals surface area contributed by atoms with Gasteiger partial charge in [0.2, 0.25) is 5.60 Å². The number of benzene rings is 1. The van der Waals surface area contributed by atoms with Crippen molar-refractivity contribution in [2.45, 2.75) is 5.60 Å². The summed E-state index contributed by atoms with van der Waals surface area (Å²) >= 11 is 3.29. The van der Waals surface area contributed by atoms with Crippen LogP contribution in [0.3, 0.4) is 0 Å². The fourth-order valence-electron chi connectivity index (χ4n) is 1.48. The fraction of sp³-hybridized carbons (Fsp3) is 0.300. The van der Waals surface area contributed by atoms with E-state index in [4.69, 9.17) is 9.47 Å². The Morgan fingerprint density at radius 1 is 1.40 bits per heavy atom. The molecule has 0 aliphatic carbocycles. The molecule has 0 amide bonds. The quantitative estimate of drug-likeness (QED) is 0.822. The van der Waals surface area contributed by atoms with Crippen LogP contribution in [0.2, 0.25) is 0 Å². The third-order valence-corrected chi connectivity index (χ3v) is 2.89. The largest absolute Gasteiger partial charge is 0.436 e. The lowest BCUT2D eigenvalue weighted by Gasteiger charge is -2.21. The third kappa shape index (κ3) is 1.67. The Kier molecular flexibility index (Phi) is 2.77. The lowest BCUT2D eigenvalue weighted by atomic mass is 9.95. The summed E-state index contributed by atoms with van der Waals surface area (Å²) in [6.07, 6.45) is 0. The first-order chi connectivity index (χ1) is 7.19. The lowest BCUT2D eigenvalue weighted by Crippen LogP contribution is -2.37. The van der Waals surface area contributed by atoms with Gasteiger partial charge in [0, 0.05) is 4.47 Å². The molecule has 1 aromatic rings. The monoisotopic (exact) mass is 272 g/mol. The van der Waals surface area contributed by atoms with Crippen molar-refractivity contribution in [3.05, 3.63) is 34.3 Å². The minimum atomic E-state index is -1.35. The van der Waals surface area contributed by atoms with Gasteiger partial charge in [0.15, 0.2) is 6.79 Å². The van der Waals surface area contributed by atoms with E-state index in [2.05, 4.69) is 15.9 Å². The molecule has 0 aromatic heterocycles. The summed E-state index contributed by atoms with van der Waals surface area (Å²) in [7, 11) is 0. The molecule has 0 saturated carbocycles. The highest BCUT2D eigenvalue weighted by atomic mass is 79.9. The Labute approximate surface area is 94.9 Å². The smallest absolute Gasteiger partial charge is 0.347 e.